The number of pyridine rings is 1. The van der Waals surface area contributed by atoms with E-state index in [1.54, 1.807) is 13.3 Å². The van der Waals surface area contributed by atoms with Crippen LogP contribution in [0.25, 0.3) is 10.9 Å². The number of carbonyl (C=O) groups is 1. The van der Waals surface area contributed by atoms with Gasteiger partial charge in [0.15, 0.2) is 0 Å². The molecule has 36 heavy (non-hydrogen) atoms. The van der Waals surface area contributed by atoms with E-state index in [9.17, 15) is 15.0 Å². The fourth-order valence-corrected chi connectivity index (χ4v) is 5.71. The van der Waals surface area contributed by atoms with E-state index in [-0.39, 0.29) is 6.42 Å². The monoisotopic (exact) mass is 493 g/mol. The smallest absolute Gasteiger partial charge is 0.303 e. The maximum atomic E-state index is 11.3. The van der Waals surface area contributed by atoms with Gasteiger partial charge in [-0.1, -0.05) is 0 Å². The Morgan fingerprint density at radius 1 is 1.22 bits per heavy atom. The number of aliphatic hydroxyl groups is 1. The van der Waals surface area contributed by atoms with Crippen LogP contribution in [0.5, 0.6) is 5.75 Å². The average Bonchev–Trinajstić information content (AvgIpc) is 3.30. The van der Waals surface area contributed by atoms with Crippen LogP contribution in [-0.2, 0) is 18.3 Å². The van der Waals surface area contributed by atoms with Crippen LogP contribution in [0.3, 0.4) is 0 Å². The Kier molecular flexibility index (Phi) is 8.99. The van der Waals surface area contributed by atoms with Crippen LogP contribution in [0, 0.1) is 11.8 Å². The van der Waals surface area contributed by atoms with Gasteiger partial charge in [0.1, 0.15) is 5.75 Å². The minimum absolute atomic E-state index is 0.204. The van der Waals surface area contributed by atoms with E-state index in [0.29, 0.717) is 24.7 Å². The highest BCUT2D eigenvalue weighted by molar-refractivity contribution is 5.83. The Morgan fingerprint density at radius 3 is 2.83 bits per heavy atom. The molecule has 1 fully saturated rings. The lowest BCUT2D eigenvalue weighted by molar-refractivity contribution is -0.137. The summed E-state index contributed by atoms with van der Waals surface area (Å²) in [5.74, 6) is 0.779. The first-order valence-corrected chi connectivity index (χ1v) is 13.1. The second kappa shape index (κ2) is 12.4. The third kappa shape index (κ3) is 6.65. The summed E-state index contributed by atoms with van der Waals surface area (Å²) in [5.41, 5.74) is 3.07. The number of likely N-dealkylation sites (tertiary alicyclic amines) is 1. The van der Waals surface area contributed by atoms with Gasteiger partial charge in [-0.15, -0.1) is 0 Å². The molecule has 0 spiro atoms. The average molecular weight is 494 g/mol. The van der Waals surface area contributed by atoms with Gasteiger partial charge in [-0.05, 0) is 105 Å². The Bertz CT molecular complexity index is 1140. The maximum Gasteiger partial charge on any atom is 0.303 e. The number of aryl methyl sites for hydroxylation is 2. The number of benzene rings is 1. The number of aromatic nitrogens is 2. The summed E-state index contributed by atoms with van der Waals surface area (Å²) in [6.45, 7) is 3.01. The molecule has 194 valence electrons. The van der Waals surface area contributed by atoms with Crippen molar-refractivity contribution in [3.8, 4) is 5.75 Å². The molecule has 7 nitrogen and oxygen atoms in total. The van der Waals surface area contributed by atoms with Crippen LogP contribution < -0.4 is 4.74 Å². The summed E-state index contributed by atoms with van der Waals surface area (Å²) >= 11 is 0. The van der Waals surface area contributed by atoms with E-state index in [0.717, 1.165) is 67.5 Å². The molecule has 2 unspecified atom stereocenters. The van der Waals surface area contributed by atoms with E-state index in [1.165, 1.54) is 5.69 Å². The molecule has 2 N–H and O–H groups in total. The number of aliphatic carboxylic acids is 1. The standard InChI is InChI=1S/C29H39N3O4/c1-31-16-3-5-23(31)6-4-17-32-18-14-21(22(20-32)8-12-29(34)35)7-11-28(33)25-13-15-30-27-10-9-24(36-2)19-26(25)27/h3,5,9-10,13,15-16,19,21-22,28,33H,4,6-8,11-12,14,17-18,20H2,1-2H3,(H,34,35)/t21?,22?,28-/m0/s1. The van der Waals surface area contributed by atoms with Gasteiger partial charge in [0.05, 0.1) is 18.7 Å². The van der Waals surface area contributed by atoms with Gasteiger partial charge in [-0.25, -0.2) is 0 Å². The number of hydrogen-bond acceptors (Lipinski definition) is 5. The van der Waals surface area contributed by atoms with E-state index >= 15 is 0 Å². The number of ether oxygens (including phenoxy) is 1. The summed E-state index contributed by atoms with van der Waals surface area (Å²) in [6.07, 6.45) is 8.88. The summed E-state index contributed by atoms with van der Waals surface area (Å²) in [5, 5.41) is 21.3. The molecule has 3 aromatic rings. The number of carboxylic acid groups (broad SMARTS) is 1. The number of carboxylic acids is 1. The SMILES string of the molecule is COc1ccc2nccc([C@@H](O)CCC3CCN(CCCc4cccn4C)CC3CCC(=O)O)c2c1. The first-order chi connectivity index (χ1) is 17.4. The molecule has 0 bridgehead atoms. The Hall–Kier alpha value is -2.90. The Morgan fingerprint density at radius 2 is 2.08 bits per heavy atom. The van der Waals surface area contributed by atoms with E-state index in [1.807, 2.05) is 24.3 Å². The van der Waals surface area contributed by atoms with Gasteiger partial charge in [0.2, 0.25) is 0 Å². The number of nitrogens with zero attached hydrogens (tertiary/aromatic N) is 3. The van der Waals surface area contributed by atoms with Gasteiger partial charge in [-0.2, -0.15) is 0 Å². The fraction of sp³-hybridized carbons (Fsp3) is 0.517. The van der Waals surface area contributed by atoms with Crippen molar-refractivity contribution in [1.29, 1.82) is 0 Å². The molecule has 1 saturated heterocycles. The second-order valence-corrected chi connectivity index (χ2v) is 10.1. The van der Waals surface area contributed by atoms with Gasteiger partial charge in [-0.3, -0.25) is 9.78 Å². The zero-order valence-electron chi connectivity index (χ0n) is 21.5. The van der Waals surface area contributed by atoms with Crippen molar-refractivity contribution in [3.05, 3.63) is 60.0 Å². The zero-order valence-corrected chi connectivity index (χ0v) is 21.5. The summed E-state index contributed by atoms with van der Waals surface area (Å²) in [6, 6.07) is 11.9. The first kappa shape index (κ1) is 26.2. The predicted molar refractivity (Wildman–Crippen MR) is 141 cm³/mol. The van der Waals surface area contributed by atoms with Crippen LogP contribution in [0.2, 0.25) is 0 Å². The molecule has 3 atom stereocenters. The van der Waals surface area contributed by atoms with E-state index in [2.05, 4.69) is 39.8 Å². The number of piperidine rings is 1. The molecule has 0 aliphatic carbocycles. The molecule has 0 radical (unpaired) electrons. The summed E-state index contributed by atoms with van der Waals surface area (Å²) in [4.78, 5) is 18.3. The first-order valence-electron chi connectivity index (χ1n) is 13.1. The van der Waals surface area contributed by atoms with Gasteiger partial charge >= 0.3 is 5.97 Å². The predicted octanol–water partition coefficient (Wildman–Crippen LogP) is 4.83. The Labute approximate surface area is 213 Å². The molecule has 2 aromatic heterocycles. The van der Waals surface area contributed by atoms with Crippen molar-refractivity contribution < 1.29 is 19.7 Å². The Balaban J connectivity index is 1.36. The third-order valence-corrected chi connectivity index (χ3v) is 7.82. The minimum atomic E-state index is -0.730. The van der Waals surface area contributed by atoms with Crippen molar-refractivity contribution >= 4 is 16.9 Å². The van der Waals surface area contributed by atoms with Crippen LogP contribution in [-0.4, -0.2) is 57.4 Å². The summed E-state index contributed by atoms with van der Waals surface area (Å²) in [7, 11) is 3.72. The molecule has 0 amide bonds. The van der Waals surface area contributed by atoms with Crippen molar-refractivity contribution in [1.82, 2.24) is 14.5 Å². The van der Waals surface area contributed by atoms with Gasteiger partial charge in [0, 0.05) is 43.5 Å². The number of aliphatic hydroxyl groups excluding tert-OH is 1. The third-order valence-electron chi connectivity index (χ3n) is 7.82. The second-order valence-electron chi connectivity index (χ2n) is 10.1. The minimum Gasteiger partial charge on any atom is -0.497 e. The molecule has 7 heteroatoms. The number of fused-ring (bicyclic) bond motifs is 1. The molecule has 1 aromatic carbocycles. The van der Waals surface area contributed by atoms with Gasteiger partial charge in [0.25, 0.3) is 0 Å². The van der Waals surface area contributed by atoms with Crippen molar-refractivity contribution in [3.63, 3.8) is 0 Å². The molecular formula is C29H39N3O4. The number of rotatable bonds is 12. The lowest BCUT2D eigenvalue weighted by atomic mass is 9.79. The van der Waals surface area contributed by atoms with E-state index < -0.39 is 12.1 Å². The number of methoxy groups -OCH3 is 1. The highest BCUT2D eigenvalue weighted by atomic mass is 16.5. The van der Waals surface area contributed by atoms with Crippen LogP contribution in [0.15, 0.2) is 48.8 Å². The highest BCUT2D eigenvalue weighted by Crippen LogP contribution is 2.35. The van der Waals surface area contributed by atoms with Crippen molar-refractivity contribution in [2.24, 2.45) is 18.9 Å². The van der Waals surface area contributed by atoms with Crippen molar-refractivity contribution in [2.45, 2.75) is 51.0 Å². The topological polar surface area (TPSA) is 87.8 Å². The normalized spacial score (nSPS) is 19.4. The largest absolute Gasteiger partial charge is 0.497 e. The van der Waals surface area contributed by atoms with Gasteiger partial charge < -0.3 is 24.4 Å². The van der Waals surface area contributed by atoms with Crippen LogP contribution in [0.4, 0.5) is 0 Å². The molecule has 1 aliphatic rings. The zero-order chi connectivity index (χ0) is 25.5. The van der Waals surface area contributed by atoms with E-state index in [4.69, 9.17) is 4.74 Å². The lowest BCUT2D eigenvalue weighted by Gasteiger charge is -2.39. The maximum absolute atomic E-state index is 11.3. The van der Waals surface area contributed by atoms with Crippen LogP contribution in [0.1, 0.15) is 55.9 Å². The molecular weight excluding hydrogens is 454 g/mol. The van der Waals surface area contributed by atoms with Crippen molar-refractivity contribution in [2.75, 3.05) is 26.7 Å². The molecule has 1 aliphatic heterocycles. The fourth-order valence-electron chi connectivity index (χ4n) is 5.71. The molecule has 3 heterocycles. The quantitative estimate of drug-likeness (QED) is 0.376. The molecule has 0 saturated carbocycles. The highest BCUT2D eigenvalue weighted by Gasteiger charge is 2.30. The summed E-state index contributed by atoms with van der Waals surface area (Å²) < 4.78 is 7.55. The van der Waals surface area contributed by atoms with Crippen LogP contribution >= 0.6 is 0 Å². The lowest BCUT2D eigenvalue weighted by Crippen LogP contribution is -2.41. The molecule has 4 rings (SSSR count). The number of hydrogen-bond donors (Lipinski definition) is 2.